The third-order valence-electron chi connectivity index (χ3n) is 3.75. The molecule has 3 heteroatoms. The van der Waals surface area contributed by atoms with Gasteiger partial charge in [-0.2, -0.15) is 0 Å². The summed E-state index contributed by atoms with van der Waals surface area (Å²) in [6.07, 6.45) is 0. The maximum atomic E-state index is 5.89. The monoisotopic (exact) mass is 276 g/mol. The van der Waals surface area contributed by atoms with E-state index in [0.29, 0.717) is 6.61 Å². The average molecular weight is 276 g/mol. The summed E-state index contributed by atoms with van der Waals surface area (Å²) in [4.78, 5) is 6.93. The average Bonchev–Trinajstić information content (AvgIpc) is 3.09. The van der Waals surface area contributed by atoms with E-state index in [1.54, 1.807) is 0 Å². The molecule has 0 amide bonds. The number of fused-ring (bicyclic) bond motifs is 2. The molecule has 0 saturated carbocycles. The van der Waals surface area contributed by atoms with Gasteiger partial charge < -0.3 is 14.7 Å². The van der Waals surface area contributed by atoms with Gasteiger partial charge in [-0.05, 0) is 31.2 Å². The Morgan fingerprint density at radius 1 is 0.905 bits per heavy atom. The minimum absolute atomic E-state index is 0.648. The lowest BCUT2D eigenvalue weighted by Gasteiger charge is -2.04. The molecule has 2 heterocycles. The first-order valence-corrected chi connectivity index (χ1v) is 7.18. The number of benzene rings is 2. The number of hydrogen-bond donors (Lipinski definition) is 2. The predicted molar refractivity (Wildman–Crippen MR) is 86.8 cm³/mol. The van der Waals surface area contributed by atoms with Gasteiger partial charge in [0.2, 0.25) is 0 Å². The molecule has 3 nitrogen and oxygen atoms in total. The molecule has 0 aliphatic heterocycles. The smallest absolute Gasteiger partial charge is 0.154 e. The van der Waals surface area contributed by atoms with Crippen molar-refractivity contribution in [3.63, 3.8) is 0 Å². The van der Waals surface area contributed by atoms with Crippen molar-refractivity contribution < 1.29 is 4.74 Å². The van der Waals surface area contributed by atoms with Gasteiger partial charge in [-0.3, -0.25) is 0 Å². The van der Waals surface area contributed by atoms with Gasteiger partial charge in [0.05, 0.1) is 12.3 Å². The summed E-state index contributed by atoms with van der Waals surface area (Å²) in [7, 11) is 0. The van der Waals surface area contributed by atoms with E-state index in [4.69, 9.17) is 4.74 Å². The maximum absolute atomic E-state index is 5.89. The number of H-pyrrole nitrogens is 2. The molecule has 4 aromatic rings. The first-order chi connectivity index (χ1) is 10.4. The van der Waals surface area contributed by atoms with Crippen molar-refractivity contribution in [3.8, 4) is 17.1 Å². The van der Waals surface area contributed by atoms with E-state index in [0.717, 1.165) is 33.6 Å². The molecule has 104 valence electrons. The van der Waals surface area contributed by atoms with E-state index < -0.39 is 0 Å². The van der Waals surface area contributed by atoms with Gasteiger partial charge in [0.25, 0.3) is 0 Å². The molecule has 0 saturated heterocycles. The molecule has 0 spiro atoms. The van der Waals surface area contributed by atoms with E-state index in [9.17, 15) is 0 Å². The Hall–Kier alpha value is -2.68. The van der Waals surface area contributed by atoms with Crippen LogP contribution in [-0.2, 0) is 0 Å². The highest BCUT2D eigenvalue weighted by atomic mass is 16.5. The highest BCUT2D eigenvalue weighted by Gasteiger charge is 2.15. The second-order valence-corrected chi connectivity index (χ2v) is 5.08. The fraction of sp³-hybridized carbons (Fsp3) is 0.111. The molecular weight excluding hydrogens is 260 g/mol. The van der Waals surface area contributed by atoms with Crippen molar-refractivity contribution in [1.29, 1.82) is 0 Å². The van der Waals surface area contributed by atoms with Crippen molar-refractivity contribution >= 4 is 21.8 Å². The van der Waals surface area contributed by atoms with Crippen LogP contribution in [-0.4, -0.2) is 16.6 Å². The lowest BCUT2D eigenvalue weighted by atomic mass is 10.2. The number of para-hydroxylation sites is 2. The molecule has 0 radical (unpaired) electrons. The third kappa shape index (κ3) is 1.89. The van der Waals surface area contributed by atoms with Crippen molar-refractivity contribution in [2.24, 2.45) is 0 Å². The van der Waals surface area contributed by atoms with Crippen LogP contribution in [0.2, 0.25) is 0 Å². The molecular formula is C18H16N2O. The fourth-order valence-electron chi connectivity index (χ4n) is 2.81. The molecule has 2 aromatic carbocycles. The predicted octanol–water partition coefficient (Wildman–Crippen LogP) is 4.71. The minimum Gasteiger partial charge on any atom is -0.491 e. The van der Waals surface area contributed by atoms with E-state index in [2.05, 4.69) is 46.4 Å². The summed E-state index contributed by atoms with van der Waals surface area (Å²) in [5, 5.41) is 2.32. The third-order valence-corrected chi connectivity index (χ3v) is 3.75. The summed E-state index contributed by atoms with van der Waals surface area (Å²) >= 11 is 0. The molecule has 0 aliphatic carbocycles. The van der Waals surface area contributed by atoms with Crippen molar-refractivity contribution in [2.45, 2.75) is 6.92 Å². The normalized spacial score (nSPS) is 11.3. The highest BCUT2D eigenvalue weighted by molar-refractivity contribution is 5.96. The minimum atomic E-state index is 0.648. The lowest BCUT2D eigenvalue weighted by molar-refractivity contribution is 0.345. The second kappa shape index (κ2) is 4.70. The zero-order chi connectivity index (χ0) is 14.2. The number of aromatic amines is 2. The van der Waals surface area contributed by atoms with E-state index >= 15 is 0 Å². The van der Waals surface area contributed by atoms with Gasteiger partial charge in [-0.1, -0.05) is 30.3 Å². The molecule has 21 heavy (non-hydrogen) atoms. The fourth-order valence-corrected chi connectivity index (χ4v) is 2.81. The van der Waals surface area contributed by atoms with Gasteiger partial charge in [0.1, 0.15) is 5.69 Å². The van der Waals surface area contributed by atoms with Gasteiger partial charge in [-0.25, -0.2) is 0 Å². The number of hydrogen-bond acceptors (Lipinski definition) is 1. The SMILES string of the molecule is CCOc1c(-c2cc3ccccc3[nH]2)[nH]c2ccccc12. The number of rotatable bonds is 3. The van der Waals surface area contributed by atoms with E-state index in [-0.39, 0.29) is 0 Å². The standard InChI is InChI=1S/C18H16N2O/c1-2-21-18-13-8-4-6-10-15(13)20-17(18)16-11-12-7-3-5-9-14(12)19-16/h3-11,19-20H,2H2,1H3. The zero-order valence-corrected chi connectivity index (χ0v) is 11.8. The molecule has 0 aliphatic rings. The highest BCUT2D eigenvalue weighted by Crippen LogP contribution is 2.37. The van der Waals surface area contributed by atoms with Crippen LogP contribution < -0.4 is 4.74 Å². The quantitative estimate of drug-likeness (QED) is 0.558. The second-order valence-electron chi connectivity index (χ2n) is 5.08. The van der Waals surface area contributed by atoms with Crippen LogP contribution >= 0.6 is 0 Å². The van der Waals surface area contributed by atoms with E-state index in [1.807, 2.05) is 25.1 Å². The van der Waals surface area contributed by atoms with Crippen LogP contribution in [0.15, 0.2) is 54.6 Å². The lowest BCUT2D eigenvalue weighted by Crippen LogP contribution is -1.92. The largest absolute Gasteiger partial charge is 0.491 e. The first-order valence-electron chi connectivity index (χ1n) is 7.18. The van der Waals surface area contributed by atoms with Crippen LogP contribution in [0.1, 0.15) is 6.92 Å². The summed E-state index contributed by atoms with van der Waals surface area (Å²) in [5.41, 5.74) is 4.29. The zero-order valence-electron chi connectivity index (χ0n) is 11.8. The Labute approximate surface area is 122 Å². The Balaban J connectivity index is 1.98. The Kier molecular flexibility index (Phi) is 2.71. The molecule has 0 fully saturated rings. The van der Waals surface area contributed by atoms with Gasteiger partial charge >= 0.3 is 0 Å². The Morgan fingerprint density at radius 2 is 1.67 bits per heavy atom. The van der Waals surface area contributed by atoms with Crippen LogP contribution in [0.25, 0.3) is 33.2 Å². The van der Waals surface area contributed by atoms with Crippen molar-refractivity contribution in [1.82, 2.24) is 9.97 Å². The van der Waals surface area contributed by atoms with Crippen molar-refractivity contribution in [3.05, 3.63) is 54.6 Å². The summed E-state index contributed by atoms with van der Waals surface area (Å²) in [6.45, 7) is 2.66. The van der Waals surface area contributed by atoms with Gasteiger partial charge in [0.15, 0.2) is 5.75 Å². The van der Waals surface area contributed by atoms with Crippen LogP contribution in [0.3, 0.4) is 0 Å². The topological polar surface area (TPSA) is 40.8 Å². The Morgan fingerprint density at radius 3 is 2.48 bits per heavy atom. The molecule has 0 atom stereocenters. The van der Waals surface area contributed by atoms with Crippen LogP contribution in [0.5, 0.6) is 5.75 Å². The van der Waals surface area contributed by atoms with Crippen molar-refractivity contribution in [2.75, 3.05) is 6.61 Å². The molecule has 2 N–H and O–H groups in total. The van der Waals surface area contributed by atoms with E-state index in [1.165, 1.54) is 5.39 Å². The summed E-state index contributed by atoms with van der Waals surface area (Å²) in [5.74, 6) is 0.916. The van der Waals surface area contributed by atoms with Crippen LogP contribution in [0.4, 0.5) is 0 Å². The molecule has 0 unspecified atom stereocenters. The molecule has 0 bridgehead atoms. The van der Waals surface area contributed by atoms with Gasteiger partial charge in [0, 0.05) is 21.8 Å². The summed E-state index contributed by atoms with van der Waals surface area (Å²) in [6, 6.07) is 18.7. The molecule has 4 rings (SSSR count). The summed E-state index contributed by atoms with van der Waals surface area (Å²) < 4.78 is 5.89. The first kappa shape index (κ1) is 12.1. The van der Waals surface area contributed by atoms with Gasteiger partial charge in [-0.15, -0.1) is 0 Å². The number of ether oxygens (including phenoxy) is 1. The number of aromatic nitrogens is 2. The maximum Gasteiger partial charge on any atom is 0.154 e. The molecule has 2 aromatic heterocycles. The Bertz CT molecular complexity index is 884. The number of nitrogens with one attached hydrogen (secondary N) is 2. The van der Waals surface area contributed by atoms with Crippen LogP contribution in [0, 0.1) is 0 Å².